The number of pyridine rings is 2. The predicted molar refractivity (Wildman–Crippen MR) is 149 cm³/mol. The third kappa shape index (κ3) is 4.13. The second-order valence-corrected chi connectivity index (χ2v) is 10.9. The van der Waals surface area contributed by atoms with Gasteiger partial charge in [-0.15, -0.1) is 11.3 Å². The smallest absolute Gasteiger partial charge is 0.176 e. The van der Waals surface area contributed by atoms with Crippen molar-refractivity contribution in [2.45, 2.75) is 31.9 Å². The standard InChI is InChI=1S/C29H25FN6OS/c30-26-8-7-25(38-26)20-9-10-32-28-21(20)13-24(34-28)27-22-12-17(5-6-23(22)35-36-27)18-11-19(15-31-14-18)33-29(37)16-3-1-2-4-16/h5-16,29,33,37H,1-4H2,(H,32,34)(H,35,36). The molecule has 5 heterocycles. The Bertz CT molecular complexity index is 1770. The molecule has 190 valence electrons. The normalized spacial score (nSPS) is 15.0. The quantitative estimate of drug-likeness (QED) is 0.177. The molecule has 38 heavy (non-hydrogen) atoms. The fourth-order valence-electron chi connectivity index (χ4n) is 5.47. The molecule has 4 N–H and O–H groups in total. The largest absolute Gasteiger partial charge is 0.374 e. The first-order chi connectivity index (χ1) is 18.6. The average Bonchev–Trinajstić information content (AvgIpc) is 3.74. The van der Waals surface area contributed by atoms with Gasteiger partial charge in [0.25, 0.3) is 0 Å². The number of anilines is 1. The van der Waals surface area contributed by atoms with Gasteiger partial charge in [0.05, 0.1) is 23.1 Å². The van der Waals surface area contributed by atoms with Crippen LogP contribution in [0, 0.1) is 11.0 Å². The molecule has 0 bridgehead atoms. The number of hydrogen-bond acceptors (Lipinski definition) is 6. The summed E-state index contributed by atoms with van der Waals surface area (Å²) in [6, 6.07) is 15.4. The van der Waals surface area contributed by atoms with Gasteiger partial charge >= 0.3 is 0 Å². The van der Waals surface area contributed by atoms with Crippen LogP contribution in [0.3, 0.4) is 0 Å². The molecule has 1 aliphatic rings. The topological polar surface area (TPSA) is 103 Å². The summed E-state index contributed by atoms with van der Waals surface area (Å²) < 4.78 is 13.7. The minimum atomic E-state index is -0.566. The minimum absolute atomic E-state index is 0.214. The fraction of sp³-hybridized carbons (Fsp3) is 0.207. The molecule has 1 unspecified atom stereocenters. The van der Waals surface area contributed by atoms with Crippen LogP contribution in [0.1, 0.15) is 25.7 Å². The second-order valence-electron chi connectivity index (χ2n) is 9.84. The van der Waals surface area contributed by atoms with Crippen molar-refractivity contribution in [1.82, 2.24) is 25.1 Å². The van der Waals surface area contributed by atoms with Crippen molar-refractivity contribution in [3.8, 4) is 33.0 Å². The maximum absolute atomic E-state index is 13.7. The van der Waals surface area contributed by atoms with Crippen molar-refractivity contribution < 1.29 is 9.50 Å². The van der Waals surface area contributed by atoms with Crippen LogP contribution in [0.2, 0.25) is 0 Å². The molecular formula is C29H25FN6OS. The summed E-state index contributed by atoms with van der Waals surface area (Å²) in [5, 5.41) is 23.2. The van der Waals surface area contributed by atoms with Gasteiger partial charge in [0.1, 0.15) is 17.6 Å². The molecule has 0 amide bonds. The highest BCUT2D eigenvalue weighted by Crippen LogP contribution is 2.37. The predicted octanol–water partition coefficient (Wildman–Crippen LogP) is 6.96. The summed E-state index contributed by atoms with van der Waals surface area (Å²) in [7, 11) is 0. The zero-order valence-corrected chi connectivity index (χ0v) is 21.2. The number of fused-ring (bicyclic) bond motifs is 2. The molecule has 5 aromatic heterocycles. The van der Waals surface area contributed by atoms with E-state index in [4.69, 9.17) is 0 Å². The van der Waals surface area contributed by atoms with E-state index in [2.05, 4.69) is 36.5 Å². The Labute approximate surface area is 221 Å². The van der Waals surface area contributed by atoms with E-state index < -0.39 is 6.23 Å². The zero-order valence-electron chi connectivity index (χ0n) is 20.4. The Morgan fingerprint density at radius 2 is 1.89 bits per heavy atom. The number of thiophene rings is 1. The molecule has 0 spiro atoms. The Morgan fingerprint density at radius 1 is 1.00 bits per heavy atom. The third-order valence-electron chi connectivity index (χ3n) is 7.42. The first-order valence-electron chi connectivity index (χ1n) is 12.7. The molecule has 1 atom stereocenters. The molecule has 1 saturated carbocycles. The average molecular weight is 525 g/mol. The molecule has 0 aliphatic heterocycles. The summed E-state index contributed by atoms with van der Waals surface area (Å²) in [6.07, 6.45) is 9.19. The van der Waals surface area contributed by atoms with Crippen LogP contribution in [0.4, 0.5) is 10.1 Å². The SMILES string of the molecule is OC(Nc1cncc(-c2ccc3[nH]nc(-c4cc5c(-c6ccc(F)s6)ccnc5[nH]4)c3c2)c1)C1CCCC1. The number of H-pyrrole nitrogens is 2. The van der Waals surface area contributed by atoms with Crippen LogP contribution < -0.4 is 5.32 Å². The van der Waals surface area contributed by atoms with E-state index in [9.17, 15) is 9.50 Å². The maximum Gasteiger partial charge on any atom is 0.176 e. The molecular weight excluding hydrogens is 499 g/mol. The van der Waals surface area contributed by atoms with Gasteiger partial charge in [0, 0.05) is 45.1 Å². The number of aliphatic hydroxyl groups excluding tert-OH is 1. The summed E-state index contributed by atoms with van der Waals surface area (Å²) in [6.45, 7) is 0. The van der Waals surface area contributed by atoms with E-state index in [1.165, 1.54) is 18.9 Å². The first kappa shape index (κ1) is 23.1. The van der Waals surface area contributed by atoms with Crippen molar-refractivity contribution in [2.75, 3.05) is 5.32 Å². The van der Waals surface area contributed by atoms with Gasteiger partial charge in [0.2, 0.25) is 0 Å². The van der Waals surface area contributed by atoms with Crippen molar-refractivity contribution in [1.29, 1.82) is 0 Å². The summed E-state index contributed by atoms with van der Waals surface area (Å²) in [4.78, 5) is 13.2. The lowest BCUT2D eigenvalue weighted by molar-refractivity contribution is 0.137. The van der Waals surface area contributed by atoms with Crippen molar-refractivity contribution >= 4 is 39.0 Å². The maximum atomic E-state index is 13.7. The number of halogens is 1. The number of aliphatic hydroxyl groups is 1. The van der Waals surface area contributed by atoms with E-state index in [1.807, 2.05) is 36.5 Å². The number of rotatable bonds is 6. The number of hydrogen-bond donors (Lipinski definition) is 4. The molecule has 6 aromatic rings. The monoisotopic (exact) mass is 524 g/mol. The highest BCUT2D eigenvalue weighted by Gasteiger charge is 2.23. The molecule has 0 saturated heterocycles. The van der Waals surface area contributed by atoms with Gasteiger partial charge in [-0.2, -0.15) is 9.49 Å². The van der Waals surface area contributed by atoms with Crippen molar-refractivity contribution in [3.63, 3.8) is 0 Å². The lowest BCUT2D eigenvalue weighted by atomic mass is 10.0. The van der Waals surface area contributed by atoms with Crippen LogP contribution in [0.25, 0.3) is 54.9 Å². The van der Waals surface area contributed by atoms with Gasteiger partial charge in [-0.25, -0.2) is 4.98 Å². The molecule has 1 aromatic carbocycles. The lowest BCUT2D eigenvalue weighted by Crippen LogP contribution is -2.26. The summed E-state index contributed by atoms with van der Waals surface area (Å²) in [5.74, 6) is 0.286. The molecule has 9 heteroatoms. The molecule has 1 aliphatic carbocycles. The van der Waals surface area contributed by atoms with Gasteiger partial charge < -0.3 is 15.4 Å². The highest BCUT2D eigenvalue weighted by atomic mass is 32.1. The second kappa shape index (κ2) is 9.34. The first-order valence-corrected chi connectivity index (χ1v) is 13.6. The van der Waals surface area contributed by atoms with Gasteiger partial charge in [-0.05, 0) is 60.9 Å². The van der Waals surface area contributed by atoms with Gasteiger partial charge in [-0.1, -0.05) is 18.9 Å². The highest BCUT2D eigenvalue weighted by molar-refractivity contribution is 7.14. The van der Waals surface area contributed by atoms with E-state index in [1.54, 1.807) is 18.5 Å². The van der Waals surface area contributed by atoms with Crippen LogP contribution >= 0.6 is 11.3 Å². The zero-order chi connectivity index (χ0) is 25.6. The molecule has 7 nitrogen and oxygen atoms in total. The fourth-order valence-corrected chi connectivity index (χ4v) is 6.24. The number of aromatic amines is 2. The van der Waals surface area contributed by atoms with Crippen molar-refractivity contribution in [2.24, 2.45) is 5.92 Å². The van der Waals surface area contributed by atoms with E-state index in [0.717, 1.165) is 84.8 Å². The van der Waals surface area contributed by atoms with Crippen molar-refractivity contribution in [3.05, 3.63) is 72.3 Å². The molecule has 1 fully saturated rings. The number of nitrogens with one attached hydrogen (secondary N) is 3. The van der Waals surface area contributed by atoms with Crippen LogP contribution in [0.15, 0.2) is 67.1 Å². The van der Waals surface area contributed by atoms with Gasteiger partial charge in [-0.3, -0.25) is 10.1 Å². The number of benzene rings is 1. The Morgan fingerprint density at radius 3 is 2.74 bits per heavy atom. The Balaban J connectivity index is 1.24. The van der Waals surface area contributed by atoms with E-state index >= 15 is 0 Å². The summed E-state index contributed by atoms with van der Waals surface area (Å²) in [5.41, 5.74) is 6.92. The lowest BCUT2D eigenvalue weighted by Gasteiger charge is -2.20. The summed E-state index contributed by atoms with van der Waals surface area (Å²) >= 11 is 1.12. The molecule has 7 rings (SSSR count). The molecule has 0 radical (unpaired) electrons. The Hall–Kier alpha value is -4.08. The number of aromatic nitrogens is 5. The minimum Gasteiger partial charge on any atom is -0.374 e. The Kier molecular flexibility index (Phi) is 5.67. The van der Waals surface area contributed by atoms with Crippen LogP contribution in [0.5, 0.6) is 0 Å². The van der Waals surface area contributed by atoms with E-state index in [-0.39, 0.29) is 11.0 Å². The number of nitrogens with zero attached hydrogens (tertiary/aromatic N) is 3. The third-order valence-corrected chi connectivity index (χ3v) is 8.33. The van der Waals surface area contributed by atoms with Crippen LogP contribution in [-0.2, 0) is 0 Å². The van der Waals surface area contributed by atoms with E-state index in [0.29, 0.717) is 0 Å². The van der Waals surface area contributed by atoms with Gasteiger partial charge in [0.15, 0.2) is 5.13 Å². The van der Waals surface area contributed by atoms with Crippen LogP contribution in [-0.4, -0.2) is 36.5 Å².